The number of aromatic amines is 1. The molecule has 0 spiro atoms. The third-order valence-corrected chi connectivity index (χ3v) is 8.87. The zero-order valence-electron chi connectivity index (χ0n) is 20.6. The number of aromatic nitrogens is 4. The summed E-state index contributed by atoms with van der Waals surface area (Å²) in [6, 6.07) is 20.7. The summed E-state index contributed by atoms with van der Waals surface area (Å²) in [6.07, 6.45) is 2.63. The molecule has 1 aliphatic rings. The number of likely N-dealkylation sites (tertiary alicyclic amines) is 1. The number of nitrogens with zero attached hydrogens (tertiary/aromatic N) is 4. The lowest BCUT2D eigenvalue weighted by Gasteiger charge is -2.34. The molecule has 2 N–H and O–H groups in total. The van der Waals surface area contributed by atoms with Crippen molar-refractivity contribution in [2.45, 2.75) is 48.4 Å². The number of aliphatic hydroxyl groups is 1. The minimum absolute atomic E-state index is 0.0782. The van der Waals surface area contributed by atoms with Crippen molar-refractivity contribution < 1.29 is 13.5 Å². The van der Waals surface area contributed by atoms with Gasteiger partial charge >= 0.3 is 0 Å². The summed E-state index contributed by atoms with van der Waals surface area (Å²) >= 11 is 0. The molecular formula is C28H29N5O3S. The molecule has 0 aliphatic carbocycles. The quantitative estimate of drug-likeness (QED) is 0.342. The molecule has 1 unspecified atom stereocenters. The first kappa shape index (κ1) is 23.8. The highest BCUT2D eigenvalue weighted by molar-refractivity contribution is 7.91. The van der Waals surface area contributed by atoms with Crippen LogP contribution in [0.15, 0.2) is 82.8 Å². The summed E-state index contributed by atoms with van der Waals surface area (Å²) in [4.78, 5) is 15.0. The number of fused-ring (bicyclic) bond motifs is 3. The van der Waals surface area contributed by atoms with Crippen LogP contribution in [0.3, 0.4) is 0 Å². The van der Waals surface area contributed by atoms with E-state index in [1.165, 1.54) is 5.56 Å². The first-order valence-electron chi connectivity index (χ1n) is 12.6. The van der Waals surface area contributed by atoms with E-state index in [1.807, 2.05) is 12.1 Å². The monoisotopic (exact) mass is 515 g/mol. The van der Waals surface area contributed by atoms with E-state index >= 15 is 0 Å². The molecule has 37 heavy (non-hydrogen) atoms. The zero-order valence-corrected chi connectivity index (χ0v) is 21.4. The number of hydrogen-bond acceptors (Lipinski definition) is 6. The normalized spacial score (nSPS) is 16.5. The molecule has 0 amide bonds. The van der Waals surface area contributed by atoms with Gasteiger partial charge in [-0.25, -0.2) is 18.4 Å². The highest BCUT2D eigenvalue weighted by Crippen LogP contribution is 2.38. The minimum Gasteiger partial charge on any atom is -0.385 e. The zero-order chi connectivity index (χ0) is 25.6. The highest BCUT2D eigenvalue weighted by Gasteiger charge is 2.32. The summed E-state index contributed by atoms with van der Waals surface area (Å²) in [5, 5.41) is 11.5. The Labute approximate surface area is 215 Å². The van der Waals surface area contributed by atoms with E-state index in [-0.39, 0.29) is 16.0 Å². The van der Waals surface area contributed by atoms with Crippen LogP contribution >= 0.6 is 0 Å². The van der Waals surface area contributed by atoms with Gasteiger partial charge in [-0.15, -0.1) is 0 Å². The lowest BCUT2D eigenvalue weighted by atomic mass is 10.0. The Kier molecular flexibility index (Phi) is 6.06. The van der Waals surface area contributed by atoms with E-state index in [2.05, 4.69) is 43.7 Å². The average molecular weight is 516 g/mol. The Hall–Kier alpha value is -3.53. The summed E-state index contributed by atoms with van der Waals surface area (Å²) in [7, 11) is -3.93. The summed E-state index contributed by atoms with van der Waals surface area (Å²) in [5.41, 5.74) is 2.79. The third-order valence-electron chi connectivity index (χ3n) is 7.19. The van der Waals surface area contributed by atoms with Gasteiger partial charge in [0.15, 0.2) is 5.03 Å². The van der Waals surface area contributed by atoms with Crippen molar-refractivity contribution in [3.8, 4) is 0 Å². The van der Waals surface area contributed by atoms with Gasteiger partial charge in [0.2, 0.25) is 9.84 Å². The predicted octanol–water partition coefficient (Wildman–Crippen LogP) is 4.64. The number of imidazole rings is 1. The molecule has 8 nitrogen and oxygen atoms in total. The number of H-pyrrole nitrogens is 1. The minimum atomic E-state index is -3.93. The second-order valence-electron chi connectivity index (χ2n) is 9.68. The van der Waals surface area contributed by atoms with Gasteiger partial charge in [-0.3, -0.25) is 4.90 Å². The van der Waals surface area contributed by atoms with Gasteiger partial charge in [-0.1, -0.05) is 48.5 Å². The molecule has 1 aliphatic heterocycles. The largest absolute Gasteiger partial charge is 0.385 e. The van der Waals surface area contributed by atoms with Gasteiger partial charge in [0, 0.05) is 37.3 Å². The van der Waals surface area contributed by atoms with E-state index in [0.717, 1.165) is 37.9 Å². The van der Waals surface area contributed by atoms with Crippen LogP contribution in [0.5, 0.6) is 0 Å². The molecule has 1 saturated heterocycles. The number of piperidine rings is 1. The second kappa shape index (κ2) is 9.41. The average Bonchev–Trinajstić information content (AvgIpc) is 3.55. The van der Waals surface area contributed by atoms with Crippen molar-refractivity contribution in [3.05, 3.63) is 84.3 Å². The van der Waals surface area contributed by atoms with Crippen LogP contribution in [0.4, 0.5) is 0 Å². The number of benzene rings is 2. The van der Waals surface area contributed by atoms with Gasteiger partial charge < -0.3 is 14.7 Å². The van der Waals surface area contributed by atoms with Crippen molar-refractivity contribution in [3.63, 3.8) is 0 Å². The maximum atomic E-state index is 13.7. The molecule has 190 valence electrons. The van der Waals surface area contributed by atoms with E-state index < -0.39 is 15.9 Å². The second-order valence-corrected chi connectivity index (χ2v) is 11.5. The van der Waals surface area contributed by atoms with Crippen molar-refractivity contribution >= 4 is 31.9 Å². The van der Waals surface area contributed by atoms with Crippen molar-refractivity contribution in [2.75, 3.05) is 13.1 Å². The maximum Gasteiger partial charge on any atom is 0.226 e. The van der Waals surface area contributed by atoms with Crippen LogP contribution in [0.2, 0.25) is 0 Å². The molecular weight excluding hydrogens is 486 g/mol. The molecule has 0 saturated carbocycles. The summed E-state index contributed by atoms with van der Waals surface area (Å²) in [5.74, 6) is 0.469. The van der Waals surface area contributed by atoms with Gasteiger partial charge in [0.1, 0.15) is 23.1 Å². The number of hydrogen-bond donors (Lipinski definition) is 2. The molecule has 3 aromatic heterocycles. The van der Waals surface area contributed by atoms with Crippen LogP contribution < -0.4 is 0 Å². The van der Waals surface area contributed by atoms with E-state index in [0.29, 0.717) is 22.5 Å². The Balaban J connectivity index is 1.45. The molecule has 4 heterocycles. The van der Waals surface area contributed by atoms with E-state index in [4.69, 9.17) is 4.98 Å². The predicted molar refractivity (Wildman–Crippen MR) is 142 cm³/mol. The topological polar surface area (TPSA) is 104 Å². The lowest BCUT2D eigenvalue weighted by Crippen LogP contribution is -2.34. The molecule has 9 heteroatoms. The van der Waals surface area contributed by atoms with Crippen molar-refractivity contribution in [2.24, 2.45) is 0 Å². The van der Waals surface area contributed by atoms with Crippen LogP contribution in [0.1, 0.15) is 43.3 Å². The standard InChI is InChI=1S/C28H29N5O3S/c1-19(34)27-30-24-25(33(27)21-13-16-32(17-14-21)18-20-8-4-2-5-9-20)23-12-15-29-26(23)31-28(24)37(35,36)22-10-6-3-7-11-22/h2-12,15,19,21,34H,13-14,16-18H2,1H3,(H,29,31). The third kappa shape index (κ3) is 4.22. The van der Waals surface area contributed by atoms with Gasteiger partial charge in [-0.2, -0.15) is 0 Å². The first-order valence-corrected chi connectivity index (χ1v) is 14.0. The van der Waals surface area contributed by atoms with E-state index in [9.17, 15) is 13.5 Å². The fraction of sp³-hybridized carbons (Fsp3) is 0.286. The van der Waals surface area contributed by atoms with Gasteiger partial charge in [0.25, 0.3) is 0 Å². The SMILES string of the molecule is CC(O)c1nc2c(S(=O)(=O)c3ccccc3)nc3[nH]ccc3c2n1C1CCN(Cc2ccccc2)CC1. The molecule has 6 rings (SSSR count). The number of sulfone groups is 1. The Morgan fingerprint density at radius 1 is 1.00 bits per heavy atom. The number of nitrogens with one attached hydrogen (secondary N) is 1. The van der Waals surface area contributed by atoms with Gasteiger partial charge in [-0.05, 0) is 43.5 Å². The van der Waals surface area contributed by atoms with Crippen molar-refractivity contribution in [1.82, 2.24) is 24.4 Å². The smallest absolute Gasteiger partial charge is 0.226 e. The van der Waals surface area contributed by atoms with Crippen LogP contribution in [0, 0.1) is 0 Å². The number of aliphatic hydroxyl groups excluding tert-OH is 1. The molecule has 0 radical (unpaired) electrons. The maximum absolute atomic E-state index is 13.7. The Morgan fingerprint density at radius 2 is 1.68 bits per heavy atom. The fourth-order valence-electron chi connectivity index (χ4n) is 5.40. The first-order chi connectivity index (χ1) is 17.9. The Bertz CT molecular complexity index is 1650. The number of rotatable bonds is 6. The van der Waals surface area contributed by atoms with Crippen LogP contribution in [0.25, 0.3) is 22.1 Å². The van der Waals surface area contributed by atoms with E-state index in [1.54, 1.807) is 43.5 Å². The summed E-state index contributed by atoms with van der Waals surface area (Å²) in [6.45, 7) is 4.37. The molecule has 2 aromatic carbocycles. The number of pyridine rings is 1. The van der Waals surface area contributed by atoms with Crippen LogP contribution in [-0.2, 0) is 16.4 Å². The fourth-order valence-corrected chi connectivity index (χ4v) is 6.74. The van der Waals surface area contributed by atoms with Crippen molar-refractivity contribution in [1.29, 1.82) is 0 Å². The lowest BCUT2D eigenvalue weighted by molar-refractivity contribution is 0.157. The summed E-state index contributed by atoms with van der Waals surface area (Å²) < 4.78 is 29.5. The molecule has 0 bridgehead atoms. The highest BCUT2D eigenvalue weighted by atomic mass is 32.2. The Morgan fingerprint density at radius 3 is 2.35 bits per heavy atom. The van der Waals surface area contributed by atoms with Crippen LogP contribution in [-0.4, -0.2) is 51.0 Å². The molecule has 1 atom stereocenters. The van der Waals surface area contributed by atoms with Gasteiger partial charge in [0.05, 0.1) is 10.4 Å². The molecule has 1 fully saturated rings. The molecule has 5 aromatic rings.